The molecule has 6 heteroatoms. The van der Waals surface area contributed by atoms with Gasteiger partial charge in [0.05, 0.1) is 34.5 Å². The van der Waals surface area contributed by atoms with Crippen molar-refractivity contribution in [3.05, 3.63) is 58.7 Å². The minimum absolute atomic E-state index is 0.0632. The first kappa shape index (κ1) is 19.3. The second kappa shape index (κ2) is 8.17. The van der Waals surface area contributed by atoms with Gasteiger partial charge >= 0.3 is 0 Å². The van der Waals surface area contributed by atoms with Crippen molar-refractivity contribution >= 4 is 11.5 Å². The average Bonchev–Trinajstić information content (AvgIpc) is 3.17. The lowest BCUT2D eigenvalue weighted by atomic mass is 9.96. The molecule has 4 rings (SSSR count). The largest absolute Gasteiger partial charge is 0.497 e. The summed E-state index contributed by atoms with van der Waals surface area (Å²) in [5, 5.41) is 0. The summed E-state index contributed by atoms with van der Waals surface area (Å²) in [5.41, 5.74) is 4.81. The second-order valence-electron chi connectivity index (χ2n) is 7.03. The van der Waals surface area contributed by atoms with Gasteiger partial charge in [-0.15, -0.1) is 0 Å². The zero-order valence-corrected chi connectivity index (χ0v) is 17.0. The van der Waals surface area contributed by atoms with E-state index in [-0.39, 0.29) is 5.91 Å². The van der Waals surface area contributed by atoms with Crippen LogP contribution in [0.2, 0.25) is 0 Å². The Kier molecular flexibility index (Phi) is 5.45. The van der Waals surface area contributed by atoms with Crippen molar-refractivity contribution in [1.82, 2.24) is 4.90 Å². The lowest BCUT2D eigenvalue weighted by molar-refractivity contribution is -0.131. The van der Waals surface area contributed by atoms with Gasteiger partial charge in [-0.1, -0.05) is 12.1 Å². The molecule has 1 saturated heterocycles. The van der Waals surface area contributed by atoms with Gasteiger partial charge in [0.25, 0.3) is 5.91 Å². The van der Waals surface area contributed by atoms with E-state index in [1.165, 1.54) is 0 Å². The predicted molar refractivity (Wildman–Crippen MR) is 110 cm³/mol. The third-order valence-corrected chi connectivity index (χ3v) is 5.48. The Labute approximate surface area is 170 Å². The van der Waals surface area contributed by atoms with E-state index in [4.69, 9.17) is 18.9 Å². The number of morpholine rings is 1. The number of hydrogen-bond acceptors (Lipinski definition) is 5. The summed E-state index contributed by atoms with van der Waals surface area (Å²) in [6.07, 6.45) is 0.576. The number of nitrogens with zero attached hydrogens (tertiary/aromatic N) is 1. The van der Waals surface area contributed by atoms with Crippen LogP contribution in [0.4, 0.5) is 0 Å². The Hall–Kier alpha value is -2.99. The Morgan fingerprint density at radius 3 is 2.38 bits per heavy atom. The minimum atomic E-state index is 0.0632. The lowest BCUT2D eigenvalue weighted by Gasteiger charge is -2.27. The molecule has 0 aromatic heterocycles. The Morgan fingerprint density at radius 1 is 0.931 bits per heavy atom. The first-order chi connectivity index (χ1) is 14.2. The van der Waals surface area contributed by atoms with Crippen molar-refractivity contribution in [2.45, 2.75) is 6.42 Å². The number of hydrogen-bond donors (Lipinski definition) is 0. The molecule has 29 heavy (non-hydrogen) atoms. The highest BCUT2D eigenvalue weighted by molar-refractivity contribution is 6.07. The predicted octanol–water partition coefficient (Wildman–Crippen LogP) is 2.93. The number of amides is 1. The Morgan fingerprint density at radius 2 is 1.69 bits per heavy atom. The molecule has 6 nitrogen and oxygen atoms in total. The van der Waals surface area contributed by atoms with Crippen LogP contribution in [0.3, 0.4) is 0 Å². The van der Waals surface area contributed by atoms with Crippen LogP contribution in [0.1, 0.15) is 16.7 Å². The molecule has 2 aliphatic rings. The van der Waals surface area contributed by atoms with Gasteiger partial charge in [0, 0.05) is 25.1 Å². The van der Waals surface area contributed by atoms with Crippen molar-refractivity contribution in [3.63, 3.8) is 0 Å². The molecule has 1 aliphatic heterocycles. The quantitative estimate of drug-likeness (QED) is 0.779. The fourth-order valence-corrected chi connectivity index (χ4v) is 3.99. The molecule has 1 aliphatic carbocycles. The van der Waals surface area contributed by atoms with Gasteiger partial charge in [-0.05, 0) is 46.5 Å². The fourth-order valence-electron chi connectivity index (χ4n) is 3.99. The first-order valence-electron chi connectivity index (χ1n) is 9.66. The summed E-state index contributed by atoms with van der Waals surface area (Å²) in [7, 11) is 4.88. The fraction of sp³-hybridized carbons (Fsp3) is 0.348. The maximum atomic E-state index is 13.4. The number of carbonyl (C=O) groups excluding carboxylic acids is 1. The number of ether oxygens (including phenoxy) is 4. The standard InChI is InChI=1S/C23H25NO5/c1-26-17-5-6-18-16(12-17)13-19(23(25)24-8-10-29-11-9-24)22(18)15-4-7-20(27-2)21(14-15)28-3/h4-7,12,14H,8-11,13H2,1-3H3. The molecule has 2 aromatic rings. The molecule has 1 heterocycles. The summed E-state index contributed by atoms with van der Waals surface area (Å²) in [5.74, 6) is 2.15. The van der Waals surface area contributed by atoms with Gasteiger partial charge in [0.1, 0.15) is 5.75 Å². The van der Waals surface area contributed by atoms with Gasteiger partial charge in [0.2, 0.25) is 0 Å². The van der Waals surface area contributed by atoms with Gasteiger partial charge in [-0.3, -0.25) is 4.79 Å². The number of carbonyl (C=O) groups is 1. The molecular weight excluding hydrogens is 370 g/mol. The topological polar surface area (TPSA) is 57.2 Å². The van der Waals surface area contributed by atoms with Crippen LogP contribution >= 0.6 is 0 Å². The molecular formula is C23H25NO5. The SMILES string of the molecule is COc1ccc2c(c1)CC(C(=O)N1CCOCC1)=C2c1ccc(OC)c(OC)c1. The van der Waals surface area contributed by atoms with Crippen LogP contribution < -0.4 is 14.2 Å². The van der Waals surface area contributed by atoms with E-state index >= 15 is 0 Å². The molecule has 1 amide bonds. The van der Waals surface area contributed by atoms with Gasteiger partial charge in [0.15, 0.2) is 11.5 Å². The number of methoxy groups -OCH3 is 3. The molecule has 0 radical (unpaired) electrons. The van der Waals surface area contributed by atoms with Crippen LogP contribution in [-0.2, 0) is 16.0 Å². The van der Waals surface area contributed by atoms with Gasteiger partial charge in [-0.25, -0.2) is 0 Å². The first-order valence-corrected chi connectivity index (χ1v) is 9.66. The molecule has 0 saturated carbocycles. The summed E-state index contributed by atoms with van der Waals surface area (Å²) < 4.78 is 21.7. The Balaban J connectivity index is 1.83. The summed E-state index contributed by atoms with van der Waals surface area (Å²) >= 11 is 0. The van der Waals surface area contributed by atoms with Gasteiger partial charge in [-0.2, -0.15) is 0 Å². The molecule has 0 bridgehead atoms. The van der Waals surface area contributed by atoms with Crippen molar-refractivity contribution in [2.24, 2.45) is 0 Å². The average molecular weight is 395 g/mol. The Bertz CT molecular complexity index is 960. The molecule has 152 valence electrons. The molecule has 2 aromatic carbocycles. The second-order valence-corrected chi connectivity index (χ2v) is 7.03. The van der Waals surface area contributed by atoms with Crippen LogP contribution in [0.5, 0.6) is 17.2 Å². The molecule has 1 fully saturated rings. The van der Waals surface area contributed by atoms with E-state index in [0.29, 0.717) is 44.2 Å². The zero-order chi connectivity index (χ0) is 20.4. The van der Waals surface area contributed by atoms with Crippen molar-refractivity contribution in [1.29, 1.82) is 0 Å². The molecule has 0 spiro atoms. The highest BCUT2D eigenvalue weighted by Gasteiger charge is 2.31. The van der Waals surface area contributed by atoms with Crippen molar-refractivity contribution in [2.75, 3.05) is 47.6 Å². The van der Waals surface area contributed by atoms with Gasteiger partial charge < -0.3 is 23.8 Å². The smallest absolute Gasteiger partial charge is 0.250 e. The van der Waals surface area contributed by atoms with Crippen LogP contribution in [0.25, 0.3) is 5.57 Å². The molecule has 0 N–H and O–H groups in total. The van der Waals surface area contributed by atoms with Crippen LogP contribution in [0.15, 0.2) is 42.0 Å². The molecule has 0 unspecified atom stereocenters. The van der Waals surface area contributed by atoms with Crippen LogP contribution in [0, 0.1) is 0 Å². The van der Waals surface area contributed by atoms with Crippen molar-refractivity contribution in [3.8, 4) is 17.2 Å². The maximum absolute atomic E-state index is 13.4. The monoisotopic (exact) mass is 395 g/mol. The minimum Gasteiger partial charge on any atom is -0.497 e. The van der Waals surface area contributed by atoms with E-state index in [0.717, 1.165) is 33.6 Å². The number of fused-ring (bicyclic) bond motifs is 1. The molecule has 0 atom stereocenters. The van der Waals surface area contributed by atoms with Crippen LogP contribution in [-0.4, -0.2) is 58.4 Å². The number of rotatable bonds is 5. The number of benzene rings is 2. The van der Waals surface area contributed by atoms with E-state index < -0.39 is 0 Å². The van der Waals surface area contributed by atoms with E-state index in [1.807, 2.05) is 41.3 Å². The normalized spacial score (nSPS) is 15.9. The summed E-state index contributed by atoms with van der Waals surface area (Å²) in [4.78, 5) is 15.3. The van der Waals surface area contributed by atoms with E-state index in [2.05, 4.69) is 0 Å². The maximum Gasteiger partial charge on any atom is 0.250 e. The third-order valence-electron chi connectivity index (χ3n) is 5.48. The summed E-state index contributed by atoms with van der Waals surface area (Å²) in [6.45, 7) is 2.37. The highest BCUT2D eigenvalue weighted by atomic mass is 16.5. The highest BCUT2D eigenvalue weighted by Crippen LogP contribution is 2.42. The lowest BCUT2D eigenvalue weighted by Crippen LogP contribution is -2.41. The third kappa shape index (κ3) is 3.56. The zero-order valence-electron chi connectivity index (χ0n) is 17.0. The van der Waals surface area contributed by atoms with E-state index in [9.17, 15) is 4.79 Å². The van der Waals surface area contributed by atoms with Crippen molar-refractivity contribution < 1.29 is 23.7 Å². The van der Waals surface area contributed by atoms with E-state index in [1.54, 1.807) is 21.3 Å². The summed E-state index contributed by atoms with van der Waals surface area (Å²) in [6, 6.07) is 11.7.